The van der Waals surface area contributed by atoms with Crippen LogP contribution in [0.4, 0.5) is 0 Å². The van der Waals surface area contributed by atoms with Crippen molar-refractivity contribution in [3.8, 4) is 5.75 Å². The van der Waals surface area contributed by atoms with Crippen LogP contribution in [0.2, 0.25) is 0 Å². The Balaban J connectivity index is 2.11. The summed E-state index contributed by atoms with van der Waals surface area (Å²) in [5.41, 5.74) is 1.46. The van der Waals surface area contributed by atoms with Gasteiger partial charge in [0.05, 0.1) is 13.7 Å². The highest BCUT2D eigenvalue weighted by atomic mass is 16.5. The van der Waals surface area contributed by atoms with E-state index in [1.54, 1.807) is 14.2 Å². The molecule has 1 aliphatic carbocycles. The summed E-state index contributed by atoms with van der Waals surface area (Å²) >= 11 is 0. The number of rotatable bonds is 6. The molecule has 0 radical (unpaired) electrons. The Labute approximate surface area is 114 Å². The van der Waals surface area contributed by atoms with Crippen LogP contribution in [-0.4, -0.2) is 39.0 Å². The second-order valence-electron chi connectivity index (χ2n) is 5.08. The number of aliphatic hydroxyl groups is 1. The molecular formula is C15H23NO3. The van der Waals surface area contributed by atoms with Crippen LogP contribution < -0.4 is 10.1 Å². The van der Waals surface area contributed by atoms with Crippen LogP contribution in [-0.2, 0) is 16.8 Å². The van der Waals surface area contributed by atoms with Gasteiger partial charge in [0.1, 0.15) is 11.4 Å². The first kappa shape index (κ1) is 14.3. The van der Waals surface area contributed by atoms with Gasteiger partial charge in [-0.05, 0) is 42.5 Å². The zero-order valence-corrected chi connectivity index (χ0v) is 11.7. The minimum atomic E-state index is -0.770. The van der Waals surface area contributed by atoms with Gasteiger partial charge in [-0.3, -0.25) is 0 Å². The molecule has 1 aliphatic rings. The molecule has 0 saturated heterocycles. The largest absolute Gasteiger partial charge is 0.497 e. The van der Waals surface area contributed by atoms with Gasteiger partial charge in [0.15, 0.2) is 0 Å². The lowest BCUT2D eigenvalue weighted by molar-refractivity contribution is 0.0180. The average Bonchev–Trinajstić information content (AvgIpc) is 2.43. The number of benzene rings is 1. The quantitative estimate of drug-likeness (QED) is 0.765. The van der Waals surface area contributed by atoms with E-state index in [1.165, 1.54) is 5.56 Å². The second-order valence-corrected chi connectivity index (χ2v) is 5.08. The molecule has 106 valence electrons. The normalized spacial score (nSPS) is 22.1. The lowest BCUT2D eigenvalue weighted by Crippen LogP contribution is -2.41. The number of hydrogen-bond acceptors (Lipinski definition) is 4. The Morgan fingerprint density at radius 1 is 1.37 bits per heavy atom. The summed E-state index contributed by atoms with van der Waals surface area (Å²) in [5, 5.41) is 14.1. The number of methoxy groups -OCH3 is 2. The van der Waals surface area contributed by atoms with Crippen molar-refractivity contribution in [3.63, 3.8) is 0 Å². The van der Waals surface area contributed by atoms with Crippen LogP contribution in [0.25, 0.3) is 0 Å². The molecule has 0 bridgehead atoms. The third kappa shape index (κ3) is 3.26. The second kappa shape index (κ2) is 6.37. The fraction of sp³-hybridized carbons (Fsp3) is 0.600. The van der Waals surface area contributed by atoms with Crippen molar-refractivity contribution < 1.29 is 14.6 Å². The molecule has 0 aromatic heterocycles. The van der Waals surface area contributed by atoms with Gasteiger partial charge in [0.25, 0.3) is 0 Å². The van der Waals surface area contributed by atoms with E-state index in [4.69, 9.17) is 9.47 Å². The third-order valence-corrected chi connectivity index (χ3v) is 3.75. The van der Waals surface area contributed by atoms with Crippen molar-refractivity contribution >= 4 is 0 Å². The maximum Gasteiger partial charge on any atom is 0.119 e. The molecule has 0 aliphatic heterocycles. The molecule has 2 N–H and O–H groups in total. The molecule has 1 atom stereocenters. The fourth-order valence-electron chi connectivity index (χ4n) is 2.72. The minimum Gasteiger partial charge on any atom is -0.497 e. The van der Waals surface area contributed by atoms with Gasteiger partial charge in [-0.25, -0.2) is 0 Å². The molecule has 0 saturated carbocycles. The number of nitrogens with one attached hydrogen (secondary N) is 1. The molecule has 19 heavy (non-hydrogen) atoms. The van der Waals surface area contributed by atoms with E-state index >= 15 is 0 Å². The van der Waals surface area contributed by atoms with Gasteiger partial charge in [0, 0.05) is 20.2 Å². The summed E-state index contributed by atoms with van der Waals surface area (Å²) in [7, 11) is 3.35. The number of hydrogen-bond donors (Lipinski definition) is 2. The van der Waals surface area contributed by atoms with Crippen LogP contribution in [0.1, 0.15) is 24.0 Å². The van der Waals surface area contributed by atoms with Crippen molar-refractivity contribution in [1.29, 1.82) is 0 Å². The molecule has 0 spiro atoms. The molecule has 1 aromatic carbocycles. The summed E-state index contributed by atoms with van der Waals surface area (Å²) < 4.78 is 10.3. The predicted molar refractivity (Wildman–Crippen MR) is 74.6 cm³/mol. The highest BCUT2D eigenvalue weighted by Crippen LogP contribution is 2.36. The van der Waals surface area contributed by atoms with E-state index in [0.29, 0.717) is 13.2 Å². The smallest absolute Gasteiger partial charge is 0.119 e. The maximum absolute atomic E-state index is 10.8. The molecule has 1 unspecified atom stereocenters. The maximum atomic E-state index is 10.8. The molecule has 0 heterocycles. The molecule has 4 heteroatoms. The Kier molecular flexibility index (Phi) is 4.80. The standard InChI is InChI=1S/C15H23NO3/c1-18-9-8-16-11-15(17)7-3-4-12-10-13(19-2)5-6-14(12)15/h5-6,10,16-17H,3-4,7-9,11H2,1-2H3. The first-order valence-electron chi connectivity index (χ1n) is 6.79. The molecule has 0 amide bonds. The van der Waals surface area contributed by atoms with Gasteiger partial charge in [0.2, 0.25) is 0 Å². The Bertz CT molecular complexity index is 422. The summed E-state index contributed by atoms with van der Waals surface area (Å²) in [6, 6.07) is 5.95. The van der Waals surface area contributed by atoms with Gasteiger partial charge < -0.3 is 19.9 Å². The van der Waals surface area contributed by atoms with E-state index in [-0.39, 0.29) is 0 Å². The summed E-state index contributed by atoms with van der Waals surface area (Å²) in [6.07, 6.45) is 2.81. The van der Waals surface area contributed by atoms with Crippen molar-refractivity contribution in [3.05, 3.63) is 29.3 Å². The van der Waals surface area contributed by atoms with E-state index in [2.05, 4.69) is 5.32 Å². The average molecular weight is 265 g/mol. The number of aryl methyl sites for hydroxylation is 1. The SMILES string of the molecule is COCCNCC1(O)CCCc2cc(OC)ccc21. The van der Waals surface area contributed by atoms with E-state index < -0.39 is 5.60 Å². The number of ether oxygens (including phenoxy) is 2. The lowest BCUT2D eigenvalue weighted by atomic mass is 9.79. The van der Waals surface area contributed by atoms with Crippen LogP contribution in [0.3, 0.4) is 0 Å². The van der Waals surface area contributed by atoms with Crippen LogP contribution in [0.15, 0.2) is 18.2 Å². The van der Waals surface area contributed by atoms with Crippen LogP contribution in [0.5, 0.6) is 5.75 Å². The molecule has 1 aromatic rings. The Morgan fingerprint density at radius 2 is 2.21 bits per heavy atom. The fourth-order valence-corrected chi connectivity index (χ4v) is 2.72. The molecular weight excluding hydrogens is 242 g/mol. The topological polar surface area (TPSA) is 50.7 Å². The van der Waals surface area contributed by atoms with Crippen molar-refractivity contribution in [2.24, 2.45) is 0 Å². The predicted octanol–water partition coefficient (Wildman–Crippen LogP) is 1.46. The van der Waals surface area contributed by atoms with Crippen molar-refractivity contribution in [2.75, 3.05) is 33.9 Å². The lowest BCUT2D eigenvalue weighted by Gasteiger charge is -2.35. The third-order valence-electron chi connectivity index (χ3n) is 3.75. The number of fused-ring (bicyclic) bond motifs is 1. The zero-order valence-electron chi connectivity index (χ0n) is 11.7. The van der Waals surface area contributed by atoms with Crippen LogP contribution >= 0.6 is 0 Å². The molecule has 2 rings (SSSR count). The zero-order chi connectivity index (χ0) is 13.7. The van der Waals surface area contributed by atoms with Crippen molar-refractivity contribution in [1.82, 2.24) is 5.32 Å². The van der Waals surface area contributed by atoms with Crippen LogP contribution in [0, 0.1) is 0 Å². The minimum absolute atomic E-state index is 0.565. The highest BCUT2D eigenvalue weighted by molar-refractivity contribution is 5.41. The Morgan fingerprint density at radius 3 is 2.95 bits per heavy atom. The van der Waals surface area contributed by atoms with Crippen molar-refractivity contribution in [2.45, 2.75) is 24.9 Å². The van der Waals surface area contributed by atoms with Gasteiger partial charge in [-0.15, -0.1) is 0 Å². The van der Waals surface area contributed by atoms with Gasteiger partial charge in [-0.2, -0.15) is 0 Å². The Hall–Kier alpha value is -1.10. The summed E-state index contributed by atoms with van der Waals surface area (Å²) in [4.78, 5) is 0. The summed E-state index contributed by atoms with van der Waals surface area (Å²) in [6.45, 7) is 1.98. The molecule has 4 nitrogen and oxygen atoms in total. The summed E-state index contributed by atoms with van der Waals surface area (Å²) in [5.74, 6) is 0.857. The first-order chi connectivity index (χ1) is 9.19. The highest BCUT2D eigenvalue weighted by Gasteiger charge is 2.33. The van der Waals surface area contributed by atoms with E-state index in [9.17, 15) is 5.11 Å². The van der Waals surface area contributed by atoms with E-state index in [1.807, 2.05) is 18.2 Å². The van der Waals surface area contributed by atoms with E-state index in [0.717, 1.165) is 37.1 Å². The molecule has 0 fully saturated rings. The first-order valence-corrected chi connectivity index (χ1v) is 6.79. The monoisotopic (exact) mass is 265 g/mol. The van der Waals surface area contributed by atoms with Gasteiger partial charge >= 0.3 is 0 Å². The van der Waals surface area contributed by atoms with Gasteiger partial charge in [-0.1, -0.05) is 6.07 Å².